The lowest BCUT2D eigenvalue weighted by Gasteiger charge is -2.20. The topological polar surface area (TPSA) is 46.6 Å². The molecule has 1 aromatic carbocycles. The number of nitrogens with zero attached hydrogens (tertiary/aromatic N) is 1. The second kappa shape index (κ2) is 4.09. The minimum absolute atomic E-state index is 0.231. The van der Waals surface area contributed by atoms with Gasteiger partial charge in [-0.15, -0.1) is 0 Å². The zero-order valence-electron chi connectivity index (χ0n) is 9.80. The van der Waals surface area contributed by atoms with Gasteiger partial charge in [-0.3, -0.25) is 4.79 Å². The van der Waals surface area contributed by atoms with E-state index in [4.69, 9.17) is 4.74 Å². The fourth-order valence-corrected chi connectivity index (χ4v) is 2.89. The van der Waals surface area contributed by atoms with Crippen molar-refractivity contribution >= 4 is 27.9 Å². The largest absolute Gasteiger partial charge is 0.443 e. The van der Waals surface area contributed by atoms with Crippen molar-refractivity contribution in [3.63, 3.8) is 0 Å². The number of hydrogen-bond acceptors (Lipinski definition) is 3. The summed E-state index contributed by atoms with van der Waals surface area (Å²) in [5.41, 5.74) is 2.18. The molecule has 4 nitrogen and oxygen atoms in total. The van der Waals surface area contributed by atoms with E-state index in [-0.39, 0.29) is 18.1 Å². The second-order valence-electron chi connectivity index (χ2n) is 4.59. The van der Waals surface area contributed by atoms with Crippen LogP contribution in [0.5, 0.6) is 0 Å². The molecule has 1 heterocycles. The number of fused-ring (bicyclic) bond motifs is 3. The van der Waals surface area contributed by atoms with Crippen LogP contribution in [0.4, 0.5) is 4.79 Å². The quantitative estimate of drug-likeness (QED) is 0.748. The molecule has 0 bridgehead atoms. The van der Waals surface area contributed by atoms with Crippen molar-refractivity contribution < 1.29 is 14.3 Å². The maximum atomic E-state index is 12.1. The molecule has 2 aliphatic rings. The zero-order chi connectivity index (χ0) is 12.9. The number of benzene rings is 1. The number of alkyl halides is 1. The Hall–Kier alpha value is -1.36. The van der Waals surface area contributed by atoms with Crippen LogP contribution in [0.1, 0.15) is 24.1 Å². The maximum absolute atomic E-state index is 12.1. The number of hydrogen-bond donors (Lipinski definition) is 0. The molecule has 1 aromatic rings. The number of carbonyl (C=O) groups is 2. The Balaban J connectivity index is 2.02. The molecule has 1 aliphatic carbocycles. The normalized spacial score (nSPS) is 26.6. The summed E-state index contributed by atoms with van der Waals surface area (Å²) in [5, 5.41) is 0. The molecule has 18 heavy (non-hydrogen) atoms. The van der Waals surface area contributed by atoms with Gasteiger partial charge >= 0.3 is 6.09 Å². The number of amides is 2. The van der Waals surface area contributed by atoms with E-state index < -0.39 is 10.9 Å². The van der Waals surface area contributed by atoms with Gasteiger partial charge in [-0.25, -0.2) is 9.69 Å². The third kappa shape index (κ3) is 1.57. The smallest absolute Gasteiger partial charge is 0.417 e. The minimum atomic E-state index is -0.532. The number of carbonyl (C=O) groups excluding carboxylic acids is 2. The van der Waals surface area contributed by atoms with Crippen LogP contribution in [0.15, 0.2) is 24.3 Å². The van der Waals surface area contributed by atoms with Crippen LogP contribution in [0, 0.1) is 0 Å². The summed E-state index contributed by atoms with van der Waals surface area (Å²) >= 11 is 3.22. The van der Waals surface area contributed by atoms with Gasteiger partial charge in [-0.1, -0.05) is 40.2 Å². The van der Waals surface area contributed by atoms with Crippen LogP contribution in [0.2, 0.25) is 0 Å². The first-order valence-electron chi connectivity index (χ1n) is 5.85. The van der Waals surface area contributed by atoms with Crippen LogP contribution in [0.3, 0.4) is 0 Å². The van der Waals surface area contributed by atoms with Crippen molar-refractivity contribution in [1.29, 1.82) is 0 Å². The van der Waals surface area contributed by atoms with E-state index in [9.17, 15) is 9.59 Å². The first kappa shape index (κ1) is 11.7. The fraction of sp³-hybridized carbons (Fsp3) is 0.385. The van der Waals surface area contributed by atoms with Gasteiger partial charge in [0.25, 0.3) is 0 Å². The van der Waals surface area contributed by atoms with Crippen LogP contribution >= 0.6 is 15.9 Å². The van der Waals surface area contributed by atoms with E-state index in [2.05, 4.69) is 15.9 Å². The van der Waals surface area contributed by atoms with E-state index in [1.165, 1.54) is 4.90 Å². The minimum Gasteiger partial charge on any atom is -0.443 e. The summed E-state index contributed by atoms with van der Waals surface area (Å²) in [5.74, 6) is -0.246. The number of ether oxygens (including phenoxy) is 1. The number of imide groups is 1. The average molecular weight is 310 g/mol. The van der Waals surface area contributed by atoms with E-state index in [0.717, 1.165) is 11.1 Å². The molecule has 3 rings (SSSR count). The Labute approximate surface area is 113 Å². The zero-order valence-corrected chi connectivity index (χ0v) is 11.4. The van der Waals surface area contributed by atoms with Crippen molar-refractivity contribution in [1.82, 2.24) is 4.90 Å². The van der Waals surface area contributed by atoms with Gasteiger partial charge in [0.1, 0.15) is 12.1 Å². The highest BCUT2D eigenvalue weighted by atomic mass is 79.9. The van der Waals surface area contributed by atoms with E-state index in [1.807, 2.05) is 24.3 Å². The summed E-state index contributed by atoms with van der Waals surface area (Å²) < 4.78 is 5.30. The van der Waals surface area contributed by atoms with Gasteiger partial charge in [-0.05, 0) is 18.1 Å². The Kier molecular flexibility index (Phi) is 2.66. The SMILES string of the molecule is CC(Br)C(=O)N1C(=O)O[C@H]2Cc3ccccc3[C@H]21. The van der Waals surface area contributed by atoms with Gasteiger partial charge in [-0.2, -0.15) is 0 Å². The highest BCUT2D eigenvalue weighted by molar-refractivity contribution is 9.10. The lowest BCUT2D eigenvalue weighted by molar-refractivity contribution is -0.128. The molecular formula is C13H12BrNO3. The van der Waals surface area contributed by atoms with Crippen LogP contribution in [-0.2, 0) is 16.0 Å². The van der Waals surface area contributed by atoms with Crippen LogP contribution in [-0.4, -0.2) is 27.8 Å². The maximum Gasteiger partial charge on any atom is 0.417 e. The van der Waals surface area contributed by atoms with Gasteiger partial charge in [0.2, 0.25) is 5.91 Å². The monoisotopic (exact) mass is 309 g/mol. The molecule has 0 radical (unpaired) electrons. The molecule has 1 saturated heterocycles. The average Bonchev–Trinajstić information content (AvgIpc) is 2.82. The highest BCUT2D eigenvalue weighted by Gasteiger charge is 2.50. The Morgan fingerprint density at radius 2 is 2.22 bits per heavy atom. The molecule has 1 fully saturated rings. The Morgan fingerprint density at radius 3 is 2.94 bits per heavy atom. The molecule has 1 aliphatic heterocycles. The summed E-state index contributed by atoms with van der Waals surface area (Å²) in [4.78, 5) is 24.7. The molecule has 0 N–H and O–H groups in total. The summed E-state index contributed by atoms with van der Waals surface area (Å²) in [6.45, 7) is 1.71. The summed E-state index contributed by atoms with van der Waals surface area (Å²) in [7, 11) is 0. The highest BCUT2D eigenvalue weighted by Crippen LogP contribution is 2.42. The van der Waals surface area contributed by atoms with Crippen molar-refractivity contribution in [3.05, 3.63) is 35.4 Å². The molecule has 1 unspecified atom stereocenters. The van der Waals surface area contributed by atoms with E-state index in [1.54, 1.807) is 6.92 Å². The van der Waals surface area contributed by atoms with Gasteiger partial charge in [0, 0.05) is 6.42 Å². The third-order valence-electron chi connectivity index (χ3n) is 3.45. The summed E-state index contributed by atoms with van der Waals surface area (Å²) in [6.07, 6.45) is -0.0755. The lowest BCUT2D eigenvalue weighted by atomic mass is 10.1. The third-order valence-corrected chi connectivity index (χ3v) is 3.84. The Bertz CT molecular complexity index is 529. The van der Waals surface area contributed by atoms with Crippen LogP contribution < -0.4 is 0 Å². The van der Waals surface area contributed by atoms with Crippen LogP contribution in [0.25, 0.3) is 0 Å². The molecule has 0 spiro atoms. The molecule has 5 heteroatoms. The van der Waals surface area contributed by atoms with E-state index >= 15 is 0 Å². The molecule has 0 aromatic heterocycles. The van der Waals surface area contributed by atoms with Crippen molar-refractivity contribution in [2.75, 3.05) is 0 Å². The molecular weight excluding hydrogens is 298 g/mol. The van der Waals surface area contributed by atoms with Crippen molar-refractivity contribution in [2.24, 2.45) is 0 Å². The van der Waals surface area contributed by atoms with Gasteiger partial charge in [0.15, 0.2) is 0 Å². The molecule has 2 amide bonds. The molecule has 94 valence electrons. The second-order valence-corrected chi connectivity index (χ2v) is 5.97. The molecule has 3 atom stereocenters. The van der Waals surface area contributed by atoms with Crippen molar-refractivity contribution in [3.8, 4) is 0 Å². The van der Waals surface area contributed by atoms with Gasteiger partial charge < -0.3 is 4.74 Å². The first-order chi connectivity index (χ1) is 8.59. The standard InChI is InChI=1S/C13H12BrNO3/c1-7(14)12(16)15-11-9-5-3-2-4-8(9)6-10(11)18-13(15)17/h2-5,7,10-11H,6H2,1H3/t7?,10-,11+/m0/s1. The molecule has 0 saturated carbocycles. The fourth-order valence-electron chi connectivity index (χ4n) is 2.67. The lowest BCUT2D eigenvalue weighted by Crippen LogP contribution is -2.38. The van der Waals surface area contributed by atoms with Crippen molar-refractivity contribution in [2.45, 2.75) is 30.3 Å². The number of rotatable bonds is 1. The predicted molar refractivity (Wildman–Crippen MR) is 68.4 cm³/mol. The summed E-state index contributed by atoms with van der Waals surface area (Å²) in [6, 6.07) is 7.59. The first-order valence-corrected chi connectivity index (χ1v) is 6.76. The van der Waals surface area contributed by atoms with Gasteiger partial charge in [0.05, 0.1) is 4.83 Å². The predicted octanol–water partition coefficient (Wildman–Crippen LogP) is 2.41. The number of halogens is 1. The van der Waals surface area contributed by atoms with E-state index in [0.29, 0.717) is 6.42 Å². The Morgan fingerprint density at radius 1 is 1.50 bits per heavy atom.